The average Bonchev–Trinajstić information content (AvgIpc) is 2.82. The van der Waals surface area contributed by atoms with Crippen molar-refractivity contribution in [1.82, 2.24) is 0 Å². The van der Waals surface area contributed by atoms with E-state index in [4.69, 9.17) is 14.7 Å². The van der Waals surface area contributed by atoms with Gasteiger partial charge in [0, 0.05) is 0 Å². The fourth-order valence-corrected chi connectivity index (χ4v) is 2.23. The molecule has 0 unspecified atom stereocenters. The smallest absolute Gasteiger partial charge is 0.457 e. The van der Waals surface area contributed by atoms with Crippen LogP contribution in [0, 0.1) is 18.3 Å². The summed E-state index contributed by atoms with van der Waals surface area (Å²) < 4.78 is 11.0. The maximum absolute atomic E-state index is 9.57. The molecular formula is C15H12BNO3. The standard InChI is InChI=1S/C15H12BNO3/c1-10-6-11(8-17)2-5-15(10)20-13-3-4-14-12(7-13)9-19-16(14)18/h2-7,18H,9H2,1H3. The van der Waals surface area contributed by atoms with Crippen LogP contribution in [0.2, 0.25) is 0 Å². The predicted octanol–water partition coefficient (Wildman–Crippen LogP) is 1.88. The molecule has 0 fully saturated rings. The second-order valence-electron chi connectivity index (χ2n) is 4.72. The Labute approximate surface area is 117 Å². The average molecular weight is 265 g/mol. The van der Waals surface area contributed by atoms with E-state index in [1.165, 1.54) is 0 Å². The third-order valence-electron chi connectivity index (χ3n) is 3.31. The lowest BCUT2D eigenvalue weighted by atomic mass is 9.80. The number of fused-ring (bicyclic) bond motifs is 1. The van der Waals surface area contributed by atoms with Crippen molar-refractivity contribution in [2.75, 3.05) is 0 Å². The van der Waals surface area contributed by atoms with Gasteiger partial charge in [-0.25, -0.2) is 0 Å². The van der Waals surface area contributed by atoms with E-state index in [0.717, 1.165) is 16.6 Å². The molecule has 3 rings (SSSR count). The van der Waals surface area contributed by atoms with Crippen LogP contribution in [0.3, 0.4) is 0 Å². The molecule has 0 aromatic heterocycles. The van der Waals surface area contributed by atoms with Crippen LogP contribution < -0.4 is 10.2 Å². The number of hydrogen-bond acceptors (Lipinski definition) is 4. The van der Waals surface area contributed by atoms with Crippen molar-refractivity contribution >= 4 is 12.6 Å². The van der Waals surface area contributed by atoms with Crippen LogP contribution in [0.25, 0.3) is 0 Å². The summed E-state index contributed by atoms with van der Waals surface area (Å²) in [6.07, 6.45) is 0. The van der Waals surface area contributed by atoms with Gasteiger partial charge >= 0.3 is 7.12 Å². The molecule has 1 aliphatic heterocycles. The summed E-state index contributed by atoms with van der Waals surface area (Å²) in [6, 6.07) is 12.9. The van der Waals surface area contributed by atoms with Crippen LogP contribution in [0.1, 0.15) is 16.7 Å². The fraction of sp³-hybridized carbons (Fsp3) is 0.133. The maximum Gasteiger partial charge on any atom is 0.491 e. The van der Waals surface area contributed by atoms with Gasteiger partial charge in [-0.15, -0.1) is 0 Å². The largest absolute Gasteiger partial charge is 0.491 e. The van der Waals surface area contributed by atoms with Gasteiger partial charge < -0.3 is 14.4 Å². The van der Waals surface area contributed by atoms with Crippen molar-refractivity contribution < 1.29 is 14.4 Å². The van der Waals surface area contributed by atoms with E-state index in [9.17, 15) is 5.02 Å². The number of rotatable bonds is 2. The lowest BCUT2D eigenvalue weighted by molar-refractivity contribution is 0.275. The summed E-state index contributed by atoms with van der Waals surface area (Å²) in [6.45, 7) is 2.29. The minimum absolute atomic E-state index is 0.389. The summed E-state index contributed by atoms with van der Waals surface area (Å²) >= 11 is 0. The predicted molar refractivity (Wildman–Crippen MR) is 74.8 cm³/mol. The number of benzene rings is 2. The molecule has 0 spiro atoms. The lowest BCUT2D eigenvalue weighted by Crippen LogP contribution is -2.27. The maximum atomic E-state index is 9.57. The Morgan fingerprint density at radius 1 is 1.30 bits per heavy atom. The van der Waals surface area contributed by atoms with E-state index in [1.807, 2.05) is 13.0 Å². The Hall–Kier alpha value is -2.29. The van der Waals surface area contributed by atoms with Crippen molar-refractivity contribution in [2.24, 2.45) is 0 Å². The first-order valence-corrected chi connectivity index (χ1v) is 6.28. The number of hydrogen-bond donors (Lipinski definition) is 1. The first-order chi connectivity index (χ1) is 9.67. The molecule has 1 heterocycles. The second-order valence-corrected chi connectivity index (χ2v) is 4.72. The normalized spacial score (nSPS) is 12.9. The first kappa shape index (κ1) is 12.7. The van der Waals surface area contributed by atoms with Crippen molar-refractivity contribution in [3.8, 4) is 17.6 Å². The summed E-state index contributed by atoms with van der Waals surface area (Å²) in [5.74, 6) is 1.40. The van der Waals surface area contributed by atoms with Crippen molar-refractivity contribution in [2.45, 2.75) is 13.5 Å². The van der Waals surface area contributed by atoms with Crippen LogP contribution in [-0.2, 0) is 11.3 Å². The highest BCUT2D eigenvalue weighted by molar-refractivity contribution is 6.61. The Kier molecular flexibility index (Phi) is 3.19. The van der Waals surface area contributed by atoms with Crippen LogP contribution in [0.4, 0.5) is 0 Å². The van der Waals surface area contributed by atoms with Crippen molar-refractivity contribution in [3.63, 3.8) is 0 Å². The zero-order valence-corrected chi connectivity index (χ0v) is 11.0. The molecule has 1 aliphatic rings. The number of nitrogens with zero attached hydrogens (tertiary/aromatic N) is 1. The van der Waals surface area contributed by atoms with Gasteiger partial charge in [-0.05, 0) is 53.8 Å². The minimum atomic E-state index is -0.837. The molecular weight excluding hydrogens is 253 g/mol. The topological polar surface area (TPSA) is 62.5 Å². The molecule has 98 valence electrons. The van der Waals surface area contributed by atoms with Gasteiger partial charge in [0.1, 0.15) is 11.5 Å². The Bertz CT molecular complexity index is 709. The molecule has 0 aliphatic carbocycles. The van der Waals surface area contributed by atoms with Crippen LogP contribution in [0.15, 0.2) is 36.4 Å². The number of ether oxygens (including phenoxy) is 1. The zero-order valence-electron chi connectivity index (χ0n) is 11.0. The van der Waals surface area contributed by atoms with E-state index < -0.39 is 7.12 Å². The molecule has 0 radical (unpaired) electrons. The third kappa shape index (κ3) is 2.27. The Morgan fingerprint density at radius 2 is 2.15 bits per heavy atom. The summed E-state index contributed by atoms with van der Waals surface area (Å²) in [7, 11) is -0.837. The van der Waals surface area contributed by atoms with Gasteiger partial charge in [-0.1, -0.05) is 6.07 Å². The van der Waals surface area contributed by atoms with Gasteiger partial charge in [0.2, 0.25) is 0 Å². The van der Waals surface area contributed by atoms with Crippen LogP contribution in [0.5, 0.6) is 11.5 Å². The zero-order chi connectivity index (χ0) is 14.1. The lowest BCUT2D eigenvalue weighted by Gasteiger charge is -2.10. The third-order valence-corrected chi connectivity index (χ3v) is 3.31. The van der Waals surface area contributed by atoms with Crippen molar-refractivity contribution in [3.05, 3.63) is 53.1 Å². The highest BCUT2D eigenvalue weighted by Gasteiger charge is 2.27. The molecule has 0 bridgehead atoms. The molecule has 2 aromatic carbocycles. The van der Waals surface area contributed by atoms with Crippen LogP contribution >= 0.6 is 0 Å². The van der Waals surface area contributed by atoms with E-state index in [1.54, 1.807) is 30.3 Å². The van der Waals surface area contributed by atoms with E-state index in [2.05, 4.69) is 6.07 Å². The summed E-state index contributed by atoms with van der Waals surface area (Å²) in [5.41, 5.74) is 3.23. The number of aryl methyl sites for hydroxylation is 1. The molecule has 0 saturated carbocycles. The molecule has 4 nitrogen and oxygen atoms in total. The number of nitriles is 1. The van der Waals surface area contributed by atoms with Gasteiger partial charge in [-0.3, -0.25) is 0 Å². The molecule has 0 amide bonds. The quantitative estimate of drug-likeness (QED) is 0.842. The summed E-state index contributed by atoms with van der Waals surface area (Å²) in [4.78, 5) is 0. The molecule has 5 heteroatoms. The Balaban J connectivity index is 1.87. The van der Waals surface area contributed by atoms with E-state index >= 15 is 0 Å². The molecule has 20 heavy (non-hydrogen) atoms. The van der Waals surface area contributed by atoms with Crippen LogP contribution in [-0.4, -0.2) is 12.1 Å². The first-order valence-electron chi connectivity index (χ1n) is 6.28. The van der Waals surface area contributed by atoms with Gasteiger partial charge in [0.25, 0.3) is 0 Å². The SMILES string of the molecule is Cc1cc(C#N)ccc1Oc1ccc2c(c1)COB2O. The molecule has 0 saturated heterocycles. The second kappa shape index (κ2) is 5.01. The molecule has 2 aromatic rings. The van der Waals surface area contributed by atoms with E-state index in [-0.39, 0.29) is 0 Å². The Morgan fingerprint density at radius 3 is 2.90 bits per heavy atom. The minimum Gasteiger partial charge on any atom is -0.457 e. The monoisotopic (exact) mass is 265 g/mol. The molecule has 0 atom stereocenters. The van der Waals surface area contributed by atoms with Gasteiger partial charge in [-0.2, -0.15) is 5.26 Å². The highest BCUT2D eigenvalue weighted by atomic mass is 16.5. The summed E-state index contributed by atoms with van der Waals surface area (Å²) in [5, 5.41) is 18.4. The molecule has 1 N–H and O–H groups in total. The van der Waals surface area contributed by atoms with Gasteiger partial charge in [0.15, 0.2) is 0 Å². The fourth-order valence-electron chi connectivity index (χ4n) is 2.23. The highest BCUT2D eigenvalue weighted by Crippen LogP contribution is 2.27. The van der Waals surface area contributed by atoms with Crippen molar-refractivity contribution in [1.29, 1.82) is 5.26 Å². The van der Waals surface area contributed by atoms with Gasteiger partial charge in [0.05, 0.1) is 18.2 Å². The van der Waals surface area contributed by atoms with E-state index in [0.29, 0.717) is 23.7 Å².